The summed E-state index contributed by atoms with van der Waals surface area (Å²) in [6, 6.07) is 7.73. The van der Waals surface area contributed by atoms with Crippen LogP contribution in [0.1, 0.15) is 56.6 Å². The Morgan fingerprint density at radius 3 is 2.69 bits per heavy atom. The number of methoxy groups -OCH3 is 1. The number of carbonyl (C=O) groups is 1. The maximum atomic E-state index is 11.0. The lowest BCUT2D eigenvalue weighted by molar-refractivity contribution is -0.558. The van der Waals surface area contributed by atoms with E-state index >= 15 is 0 Å². The maximum Gasteiger partial charge on any atom is 0.302 e. The van der Waals surface area contributed by atoms with E-state index in [4.69, 9.17) is 24.0 Å². The van der Waals surface area contributed by atoms with E-state index in [0.29, 0.717) is 5.92 Å². The van der Waals surface area contributed by atoms with Gasteiger partial charge < -0.3 is 14.2 Å². The molecule has 142 valence electrons. The van der Waals surface area contributed by atoms with Gasteiger partial charge in [0.2, 0.25) is 5.79 Å². The topological polar surface area (TPSA) is 63.2 Å². The number of rotatable bonds is 4. The van der Waals surface area contributed by atoms with Gasteiger partial charge in [-0.25, -0.2) is 4.89 Å². The van der Waals surface area contributed by atoms with Gasteiger partial charge in [0.15, 0.2) is 11.9 Å². The monoisotopic (exact) mass is 362 g/mol. The van der Waals surface area contributed by atoms with Crippen LogP contribution in [0.25, 0.3) is 0 Å². The normalized spacial score (nSPS) is 36.2. The van der Waals surface area contributed by atoms with Gasteiger partial charge in [-0.1, -0.05) is 37.1 Å². The number of benzene rings is 1. The zero-order valence-corrected chi connectivity index (χ0v) is 15.4. The fourth-order valence-electron chi connectivity index (χ4n) is 4.54. The highest BCUT2D eigenvalue weighted by molar-refractivity contribution is 5.65. The summed E-state index contributed by atoms with van der Waals surface area (Å²) in [4.78, 5) is 22.9. The van der Waals surface area contributed by atoms with Gasteiger partial charge in [-0.2, -0.15) is 4.89 Å². The molecule has 26 heavy (non-hydrogen) atoms. The van der Waals surface area contributed by atoms with Crippen LogP contribution in [-0.2, 0) is 41.2 Å². The molecular weight excluding hydrogens is 336 g/mol. The van der Waals surface area contributed by atoms with Crippen molar-refractivity contribution in [1.29, 1.82) is 0 Å². The second-order valence-electron chi connectivity index (χ2n) is 7.52. The summed E-state index contributed by atoms with van der Waals surface area (Å²) in [7, 11) is 1.67. The molecule has 0 amide bonds. The Kier molecular flexibility index (Phi) is 4.77. The molecule has 4 atom stereocenters. The Morgan fingerprint density at radius 1 is 1.15 bits per heavy atom. The van der Waals surface area contributed by atoms with Crippen molar-refractivity contribution in [2.75, 3.05) is 7.11 Å². The summed E-state index contributed by atoms with van der Waals surface area (Å²) in [6.07, 6.45) is 5.59. The molecule has 1 aliphatic carbocycles. The second kappa shape index (κ2) is 6.93. The lowest BCUT2D eigenvalue weighted by Gasteiger charge is -2.49. The van der Waals surface area contributed by atoms with Gasteiger partial charge in [0, 0.05) is 26.0 Å². The average molecular weight is 362 g/mol. The first-order valence-corrected chi connectivity index (χ1v) is 9.38. The molecule has 6 heteroatoms. The second-order valence-corrected chi connectivity index (χ2v) is 7.52. The molecule has 5 rings (SSSR count). The van der Waals surface area contributed by atoms with Gasteiger partial charge in [0.05, 0.1) is 0 Å². The summed E-state index contributed by atoms with van der Waals surface area (Å²) < 4.78 is 17.1. The minimum Gasteiger partial charge on any atom is -0.461 e. The average Bonchev–Trinajstić information content (AvgIpc) is 2.93. The fraction of sp³-hybridized carbons (Fsp3) is 0.650. The lowest BCUT2D eigenvalue weighted by atomic mass is 9.73. The molecule has 4 fully saturated rings. The van der Waals surface area contributed by atoms with Gasteiger partial charge in [0.1, 0.15) is 6.61 Å². The standard InChI is InChI=1S/C20H26O6/c1-14(21)23-13-15-6-8-17(9-7-15)20-12-10-16-5-3-4-11-19(16,25-26-20)18(22-2)24-20/h6-9,16,18H,3-5,10-13H2,1-2H3/t16-,18?,19+,20+/m1/s1. The largest absolute Gasteiger partial charge is 0.461 e. The molecule has 3 saturated heterocycles. The van der Waals surface area contributed by atoms with E-state index in [0.717, 1.165) is 43.2 Å². The zero-order chi connectivity index (χ0) is 18.2. The number of fused-ring (bicyclic) bond motifs is 3. The van der Waals surface area contributed by atoms with Crippen LogP contribution in [-0.4, -0.2) is 25.0 Å². The van der Waals surface area contributed by atoms with Crippen molar-refractivity contribution in [3.05, 3.63) is 35.4 Å². The van der Waals surface area contributed by atoms with E-state index in [1.54, 1.807) is 7.11 Å². The van der Waals surface area contributed by atoms with Gasteiger partial charge in [-0.15, -0.1) is 0 Å². The van der Waals surface area contributed by atoms with Crippen LogP contribution in [0.5, 0.6) is 0 Å². The molecule has 2 bridgehead atoms. The first-order valence-electron chi connectivity index (χ1n) is 9.38. The van der Waals surface area contributed by atoms with Crippen molar-refractivity contribution < 1.29 is 28.8 Å². The first-order chi connectivity index (χ1) is 12.6. The summed E-state index contributed by atoms with van der Waals surface area (Å²) in [5.41, 5.74) is 1.31. The molecule has 3 aliphatic heterocycles. The number of hydrogen-bond acceptors (Lipinski definition) is 6. The van der Waals surface area contributed by atoms with E-state index < -0.39 is 17.7 Å². The van der Waals surface area contributed by atoms with Crippen LogP contribution in [0.15, 0.2) is 24.3 Å². The zero-order valence-electron chi connectivity index (χ0n) is 15.4. The van der Waals surface area contributed by atoms with Crippen LogP contribution in [0.4, 0.5) is 0 Å². The molecule has 1 saturated carbocycles. The summed E-state index contributed by atoms with van der Waals surface area (Å²) in [5, 5.41) is 0. The van der Waals surface area contributed by atoms with Crippen molar-refractivity contribution in [1.82, 2.24) is 0 Å². The Labute approximate surface area is 153 Å². The fourth-order valence-corrected chi connectivity index (χ4v) is 4.54. The van der Waals surface area contributed by atoms with E-state index in [1.165, 1.54) is 13.3 Å². The minimum atomic E-state index is -0.955. The molecule has 4 aliphatic rings. The van der Waals surface area contributed by atoms with Gasteiger partial charge in [0.25, 0.3) is 0 Å². The van der Waals surface area contributed by atoms with Gasteiger partial charge >= 0.3 is 5.97 Å². The van der Waals surface area contributed by atoms with Crippen molar-refractivity contribution in [3.63, 3.8) is 0 Å². The maximum absolute atomic E-state index is 11.0. The van der Waals surface area contributed by atoms with Crippen LogP contribution < -0.4 is 0 Å². The quantitative estimate of drug-likeness (QED) is 0.603. The summed E-state index contributed by atoms with van der Waals surface area (Å²) in [5.74, 6) is -0.864. The molecule has 1 unspecified atom stereocenters. The Morgan fingerprint density at radius 2 is 1.96 bits per heavy atom. The molecule has 1 aromatic carbocycles. The van der Waals surface area contributed by atoms with Crippen LogP contribution in [0.3, 0.4) is 0 Å². The highest BCUT2D eigenvalue weighted by Crippen LogP contribution is 2.55. The molecule has 1 spiro atoms. The lowest BCUT2D eigenvalue weighted by Crippen LogP contribution is -2.59. The Balaban J connectivity index is 1.59. The van der Waals surface area contributed by atoms with Crippen LogP contribution in [0.2, 0.25) is 0 Å². The van der Waals surface area contributed by atoms with E-state index in [1.807, 2.05) is 24.3 Å². The minimum absolute atomic E-state index is 0.257. The van der Waals surface area contributed by atoms with E-state index in [9.17, 15) is 4.79 Å². The third-order valence-electron chi connectivity index (χ3n) is 5.96. The van der Waals surface area contributed by atoms with Crippen molar-refractivity contribution in [2.24, 2.45) is 5.92 Å². The van der Waals surface area contributed by atoms with Crippen molar-refractivity contribution in [3.8, 4) is 0 Å². The predicted octanol–water partition coefficient (Wildman–Crippen LogP) is 3.58. The Bertz CT molecular complexity index is 655. The number of hydrogen-bond donors (Lipinski definition) is 0. The number of esters is 1. The predicted molar refractivity (Wildman–Crippen MR) is 91.6 cm³/mol. The van der Waals surface area contributed by atoms with Crippen molar-refractivity contribution >= 4 is 5.97 Å². The molecule has 0 N–H and O–H groups in total. The van der Waals surface area contributed by atoms with E-state index in [-0.39, 0.29) is 12.6 Å². The third-order valence-corrected chi connectivity index (χ3v) is 5.96. The molecule has 3 heterocycles. The molecular formula is C20H26O6. The first kappa shape index (κ1) is 17.9. The highest BCUT2D eigenvalue weighted by Gasteiger charge is 2.61. The summed E-state index contributed by atoms with van der Waals surface area (Å²) in [6.45, 7) is 1.66. The number of carbonyl (C=O) groups excluding carboxylic acids is 1. The third kappa shape index (κ3) is 2.95. The van der Waals surface area contributed by atoms with Crippen LogP contribution in [0, 0.1) is 5.92 Å². The van der Waals surface area contributed by atoms with Crippen LogP contribution >= 0.6 is 0 Å². The van der Waals surface area contributed by atoms with Gasteiger partial charge in [-0.3, -0.25) is 4.79 Å². The number of ether oxygens (including phenoxy) is 3. The summed E-state index contributed by atoms with van der Waals surface area (Å²) >= 11 is 0. The molecule has 6 nitrogen and oxygen atoms in total. The van der Waals surface area contributed by atoms with Crippen molar-refractivity contribution in [2.45, 2.75) is 69.7 Å². The van der Waals surface area contributed by atoms with E-state index in [2.05, 4.69) is 0 Å². The molecule has 1 aromatic rings. The molecule has 0 radical (unpaired) electrons. The highest BCUT2D eigenvalue weighted by atomic mass is 17.3. The molecule has 0 aromatic heterocycles. The smallest absolute Gasteiger partial charge is 0.302 e. The Hall–Kier alpha value is -1.47. The van der Waals surface area contributed by atoms with Gasteiger partial charge in [-0.05, 0) is 30.7 Å². The SMILES string of the molecule is COC1O[C@@]2(c3ccc(COC(C)=O)cc3)CC[C@H]3CCCC[C@@]13OO2.